The monoisotopic (exact) mass is 424 g/mol. The summed E-state index contributed by atoms with van der Waals surface area (Å²) >= 11 is 1.33. The lowest BCUT2D eigenvalue weighted by atomic mass is 9.66. The molecule has 0 atom stereocenters. The van der Waals surface area contributed by atoms with E-state index in [-0.39, 0.29) is 23.7 Å². The molecule has 0 unspecified atom stereocenters. The second kappa shape index (κ2) is 7.52. The summed E-state index contributed by atoms with van der Waals surface area (Å²) in [6.07, 6.45) is 6.06. The number of cyclic esters (lactones) is 1. The number of carbonyl (C=O) groups excluding carboxylic acids is 1. The van der Waals surface area contributed by atoms with E-state index < -0.39 is 0 Å². The lowest BCUT2D eigenvalue weighted by Crippen LogP contribution is -2.42. The van der Waals surface area contributed by atoms with Crippen molar-refractivity contribution < 1.29 is 13.9 Å². The minimum atomic E-state index is -0.370. The molecule has 0 saturated heterocycles. The second-order valence-electron chi connectivity index (χ2n) is 7.25. The number of carbonyl (C=O) groups is 1. The van der Waals surface area contributed by atoms with E-state index in [9.17, 15) is 9.18 Å². The molecule has 8 nitrogen and oxygen atoms in total. The summed E-state index contributed by atoms with van der Waals surface area (Å²) in [5, 5.41) is 12.4. The van der Waals surface area contributed by atoms with Crippen molar-refractivity contribution in [2.75, 3.05) is 18.4 Å². The van der Waals surface area contributed by atoms with Crippen LogP contribution in [0.4, 0.5) is 10.2 Å². The van der Waals surface area contributed by atoms with Gasteiger partial charge in [0.2, 0.25) is 5.90 Å². The number of nitrogens with zero attached hydrogens (tertiary/aromatic N) is 5. The van der Waals surface area contributed by atoms with Crippen molar-refractivity contribution >= 4 is 29.0 Å². The molecular formula is C20H17FN6O2S. The van der Waals surface area contributed by atoms with Gasteiger partial charge in [-0.1, -0.05) is 6.42 Å². The fourth-order valence-electron chi connectivity index (χ4n) is 3.61. The molecule has 0 aromatic carbocycles. The molecule has 30 heavy (non-hydrogen) atoms. The molecule has 10 heteroatoms. The largest absolute Gasteiger partial charge is 0.405 e. The van der Waals surface area contributed by atoms with Gasteiger partial charge in [-0.3, -0.25) is 4.98 Å². The van der Waals surface area contributed by atoms with E-state index in [1.54, 1.807) is 18.5 Å². The highest BCUT2D eigenvalue weighted by atomic mass is 32.1. The van der Waals surface area contributed by atoms with Crippen LogP contribution in [0, 0.1) is 5.82 Å². The van der Waals surface area contributed by atoms with Gasteiger partial charge in [-0.2, -0.15) is 0 Å². The molecule has 0 amide bonds. The van der Waals surface area contributed by atoms with Gasteiger partial charge in [-0.15, -0.1) is 21.5 Å². The minimum absolute atomic E-state index is 0.0344. The Hall–Kier alpha value is -3.27. The Labute approximate surface area is 175 Å². The summed E-state index contributed by atoms with van der Waals surface area (Å²) in [6.45, 7) is 0.578. The van der Waals surface area contributed by atoms with Crippen LogP contribution < -0.4 is 5.32 Å². The van der Waals surface area contributed by atoms with Crippen LogP contribution >= 0.6 is 11.3 Å². The Kier molecular flexibility index (Phi) is 4.70. The highest BCUT2D eigenvalue weighted by Gasteiger charge is 2.41. The van der Waals surface area contributed by atoms with E-state index in [0.717, 1.165) is 19.3 Å². The molecule has 1 saturated carbocycles. The molecule has 1 N–H and O–H groups in total. The number of anilines is 1. The summed E-state index contributed by atoms with van der Waals surface area (Å²) in [5.74, 6) is 0.261. The van der Waals surface area contributed by atoms with Crippen LogP contribution in [-0.4, -0.2) is 45.1 Å². The highest BCUT2D eigenvalue weighted by molar-refractivity contribution is 7.16. The van der Waals surface area contributed by atoms with Crippen LogP contribution in [0.25, 0.3) is 10.7 Å². The number of aliphatic imine (C=N–C) groups is 1. The zero-order chi connectivity index (χ0) is 20.6. The number of hydrogen-bond donors (Lipinski definition) is 1. The number of esters is 1. The Bertz CT molecular complexity index is 1130. The second-order valence-corrected chi connectivity index (χ2v) is 8.28. The molecule has 1 fully saturated rings. The van der Waals surface area contributed by atoms with Crippen molar-refractivity contribution in [2.24, 2.45) is 4.99 Å². The van der Waals surface area contributed by atoms with Gasteiger partial charge in [-0.05, 0) is 37.1 Å². The van der Waals surface area contributed by atoms with Crippen molar-refractivity contribution in [1.82, 2.24) is 20.2 Å². The number of rotatable bonds is 6. The van der Waals surface area contributed by atoms with Crippen LogP contribution in [0.3, 0.4) is 0 Å². The van der Waals surface area contributed by atoms with Crippen LogP contribution in [-0.2, 0) is 14.9 Å². The SMILES string of the molecule is O=C1CN=C(c2cnc(-c3ccc(NCC4(c5ncccc5F)CCC4)nn3)s2)O1. The zero-order valence-corrected chi connectivity index (χ0v) is 16.7. The predicted octanol–water partition coefficient (Wildman–Crippen LogP) is 2.97. The number of ether oxygens (including phenoxy) is 1. The molecule has 1 aliphatic carbocycles. The summed E-state index contributed by atoms with van der Waals surface area (Å²) < 4.78 is 19.3. The standard InChI is InChI=1S/C20H17FN6O2S/c21-12-3-1-8-22-17(12)20(6-2-7-20)11-25-15-5-4-13(26-27-15)19-24-9-14(30-19)18-23-10-16(28)29-18/h1,3-5,8-9H,2,6-7,10-11H2,(H,25,27). The Balaban J connectivity index is 1.27. The molecule has 1 aliphatic heterocycles. The van der Waals surface area contributed by atoms with E-state index in [1.807, 2.05) is 12.1 Å². The number of nitrogens with one attached hydrogen (secondary N) is 1. The average molecular weight is 424 g/mol. The van der Waals surface area contributed by atoms with Crippen molar-refractivity contribution in [1.29, 1.82) is 0 Å². The number of hydrogen-bond acceptors (Lipinski definition) is 9. The van der Waals surface area contributed by atoms with Gasteiger partial charge in [0.1, 0.15) is 33.8 Å². The maximum Gasteiger partial charge on any atom is 0.334 e. The number of pyridine rings is 1. The van der Waals surface area contributed by atoms with Gasteiger partial charge in [-0.25, -0.2) is 19.2 Å². The van der Waals surface area contributed by atoms with E-state index in [4.69, 9.17) is 4.74 Å². The van der Waals surface area contributed by atoms with Crippen molar-refractivity contribution in [3.8, 4) is 10.7 Å². The van der Waals surface area contributed by atoms with Crippen LogP contribution in [0.5, 0.6) is 0 Å². The van der Waals surface area contributed by atoms with E-state index in [2.05, 4.69) is 30.5 Å². The van der Waals surface area contributed by atoms with Crippen LogP contribution in [0.2, 0.25) is 0 Å². The molecule has 3 aromatic heterocycles. The first kappa shape index (κ1) is 18.7. The topological polar surface area (TPSA) is 102 Å². The highest BCUT2D eigenvalue weighted by Crippen LogP contribution is 2.43. The Morgan fingerprint density at radius 3 is 2.77 bits per heavy atom. The van der Waals surface area contributed by atoms with Crippen molar-refractivity contribution in [3.05, 3.63) is 53.0 Å². The first-order chi connectivity index (χ1) is 14.6. The maximum atomic E-state index is 14.2. The molecule has 0 spiro atoms. The Morgan fingerprint density at radius 1 is 1.20 bits per heavy atom. The summed E-state index contributed by atoms with van der Waals surface area (Å²) in [7, 11) is 0. The smallest absolute Gasteiger partial charge is 0.334 e. The fourth-order valence-corrected chi connectivity index (χ4v) is 4.43. The number of thiazole rings is 1. The normalized spacial score (nSPS) is 17.2. The Morgan fingerprint density at radius 2 is 2.10 bits per heavy atom. The molecule has 152 valence electrons. The molecule has 2 aliphatic rings. The number of aromatic nitrogens is 4. The predicted molar refractivity (Wildman–Crippen MR) is 109 cm³/mol. The van der Waals surface area contributed by atoms with Gasteiger partial charge in [0.25, 0.3) is 0 Å². The van der Waals surface area contributed by atoms with Gasteiger partial charge >= 0.3 is 5.97 Å². The van der Waals surface area contributed by atoms with Gasteiger partial charge in [0, 0.05) is 18.2 Å². The van der Waals surface area contributed by atoms with E-state index in [1.165, 1.54) is 17.4 Å². The van der Waals surface area contributed by atoms with Crippen molar-refractivity contribution in [2.45, 2.75) is 24.7 Å². The molecule has 4 heterocycles. The molecule has 3 aromatic rings. The van der Waals surface area contributed by atoms with Gasteiger partial charge < -0.3 is 10.1 Å². The first-order valence-corrected chi connectivity index (χ1v) is 10.3. The summed E-state index contributed by atoms with van der Waals surface area (Å²) in [6, 6.07) is 6.69. The maximum absolute atomic E-state index is 14.2. The average Bonchev–Trinajstić information content (AvgIpc) is 3.38. The molecule has 0 bridgehead atoms. The van der Waals surface area contributed by atoms with E-state index >= 15 is 0 Å². The van der Waals surface area contributed by atoms with Gasteiger partial charge in [0.05, 0.1) is 11.9 Å². The van der Waals surface area contributed by atoms with E-state index in [0.29, 0.717) is 39.5 Å². The molecule has 5 rings (SSSR count). The number of halogens is 1. The minimum Gasteiger partial charge on any atom is -0.405 e. The first-order valence-electron chi connectivity index (χ1n) is 9.53. The summed E-state index contributed by atoms with van der Waals surface area (Å²) in [4.78, 5) is 24.5. The summed E-state index contributed by atoms with van der Waals surface area (Å²) in [5.41, 5.74) is 0.810. The zero-order valence-electron chi connectivity index (χ0n) is 15.8. The van der Waals surface area contributed by atoms with Crippen LogP contribution in [0.15, 0.2) is 41.7 Å². The van der Waals surface area contributed by atoms with Crippen LogP contribution in [0.1, 0.15) is 29.8 Å². The third-order valence-corrected chi connectivity index (χ3v) is 6.35. The van der Waals surface area contributed by atoms with Crippen molar-refractivity contribution in [3.63, 3.8) is 0 Å². The lowest BCUT2D eigenvalue weighted by molar-refractivity contribution is -0.132. The molecule has 0 radical (unpaired) electrons. The molecular weight excluding hydrogens is 407 g/mol. The van der Waals surface area contributed by atoms with Gasteiger partial charge in [0.15, 0.2) is 0 Å². The lowest BCUT2D eigenvalue weighted by Gasteiger charge is -2.41. The third-order valence-electron chi connectivity index (χ3n) is 5.34. The fraction of sp³-hybridized carbons (Fsp3) is 0.300. The quantitative estimate of drug-likeness (QED) is 0.607. The third kappa shape index (κ3) is 3.43.